The van der Waals surface area contributed by atoms with Crippen LogP contribution in [0.1, 0.15) is 50.7 Å². The molecule has 0 aliphatic heterocycles. The van der Waals surface area contributed by atoms with Crippen molar-refractivity contribution >= 4 is 20.9 Å². The third-order valence-electron chi connectivity index (χ3n) is 5.27. The molecule has 3 aromatic rings. The molecule has 0 heterocycles. The molecule has 148 valence electrons. The van der Waals surface area contributed by atoms with E-state index in [2.05, 4.69) is 13.8 Å². The number of hydrogen-bond donors (Lipinski definition) is 1. The summed E-state index contributed by atoms with van der Waals surface area (Å²) in [5.41, 5.74) is 3.79. The van der Waals surface area contributed by atoms with E-state index in [1.54, 1.807) is 0 Å². The van der Waals surface area contributed by atoms with Crippen molar-refractivity contribution in [1.29, 1.82) is 0 Å². The van der Waals surface area contributed by atoms with E-state index < -0.39 is 10.1 Å². The minimum absolute atomic E-state index is 0.0423. The summed E-state index contributed by atoms with van der Waals surface area (Å²) in [5.74, 6) is 0. The lowest BCUT2D eigenvalue weighted by Gasteiger charge is -2.22. The van der Waals surface area contributed by atoms with Gasteiger partial charge in [0.1, 0.15) is 4.90 Å². The molecule has 4 heteroatoms. The lowest BCUT2D eigenvalue weighted by molar-refractivity contribution is 0.484. The van der Waals surface area contributed by atoms with Gasteiger partial charge in [0.25, 0.3) is 10.1 Å². The summed E-state index contributed by atoms with van der Waals surface area (Å²) in [5, 5.41) is 1.55. The van der Waals surface area contributed by atoms with Gasteiger partial charge in [-0.3, -0.25) is 4.55 Å². The van der Waals surface area contributed by atoms with Gasteiger partial charge in [-0.15, -0.1) is 0 Å². The van der Waals surface area contributed by atoms with E-state index in [0.29, 0.717) is 10.9 Å². The average molecular weight is 397 g/mol. The molecule has 0 saturated carbocycles. The van der Waals surface area contributed by atoms with Crippen molar-refractivity contribution in [1.82, 2.24) is 0 Å². The van der Waals surface area contributed by atoms with Crippen LogP contribution in [0.25, 0.3) is 21.9 Å². The van der Waals surface area contributed by atoms with Crippen LogP contribution in [0, 0.1) is 0 Å². The van der Waals surface area contributed by atoms with Crippen molar-refractivity contribution in [2.24, 2.45) is 0 Å². The number of aryl methyl sites for hydroxylation is 1. The van der Waals surface area contributed by atoms with E-state index in [1.807, 2.05) is 54.6 Å². The highest BCUT2D eigenvalue weighted by molar-refractivity contribution is 7.86. The molecule has 0 amide bonds. The van der Waals surface area contributed by atoms with Gasteiger partial charge in [-0.1, -0.05) is 81.3 Å². The first-order chi connectivity index (χ1) is 13.5. The second kappa shape index (κ2) is 8.89. The van der Waals surface area contributed by atoms with Gasteiger partial charge >= 0.3 is 0 Å². The SMILES string of the molecule is CCCCc1c(-c2ccccc2)c(S(=O)(=O)O)c2ccccc2c1CCCC. The van der Waals surface area contributed by atoms with Gasteiger partial charge in [0.15, 0.2) is 0 Å². The summed E-state index contributed by atoms with van der Waals surface area (Å²) in [6, 6.07) is 17.2. The molecule has 0 radical (unpaired) electrons. The Labute approximate surface area is 168 Å². The second-order valence-electron chi connectivity index (χ2n) is 7.26. The van der Waals surface area contributed by atoms with Gasteiger partial charge in [-0.05, 0) is 47.8 Å². The van der Waals surface area contributed by atoms with Crippen molar-refractivity contribution in [2.75, 3.05) is 0 Å². The zero-order valence-electron chi connectivity index (χ0n) is 16.6. The first kappa shape index (κ1) is 20.6. The minimum Gasteiger partial charge on any atom is -0.282 e. The molecular weight excluding hydrogens is 368 g/mol. The third-order valence-corrected chi connectivity index (χ3v) is 6.21. The van der Waals surface area contributed by atoms with E-state index in [1.165, 1.54) is 5.56 Å². The summed E-state index contributed by atoms with van der Waals surface area (Å²) in [6.07, 6.45) is 5.82. The molecular formula is C24H28O3S. The molecule has 28 heavy (non-hydrogen) atoms. The van der Waals surface area contributed by atoms with Gasteiger partial charge in [-0.25, -0.2) is 0 Å². The molecule has 0 bridgehead atoms. The number of hydrogen-bond acceptors (Lipinski definition) is 2. The lowest BCUT2D eigenvalue weighted by Crippen LogP contribution is -2.09. The van der Waals surface area contributed by atoms with Crippen LogP contribution in [0.5, 0.6) is 0 Å². The standard InChI is InChI=1S/C24H28O3S/c1-3-5-14-19-20-16-10-11-17-22(20)24(28(25,26)27)23(21(19)15-6-4-2)18-12-8-7-9-13-18/h7-13,16-17H,3-6,14-15H2,1-2H3,(H,25,26,27). The largest absolute Gasteiger partial charge is 0.295 e. The van der Waals surface area contributed by atoms with Crippen molar-refractivity contribution in [2.45, 2.75) is 57.3 Å². The number of fused-ring (bicyclic) bond motifs is 1. The fraction of sp³-hybridized carbons (Fsp3) is 0.333. The molecule has 0 fully saturated rings. The Hall–Kier alpha value is -2.17. The molecule has 0 atom stereocenters. The monoisotopic (exact) mass is 396 g/mol. The number of rotatable bonds is 8. The van der Waals surface area contributed by atoms with Crippen molar-refractivity contribution < 1.29 is 13.0 Å². The van der Waals surface area contributed by atoms with E-state index in [9.17, 15) is 13.0 Å². The maximum Gasteiger partial charge on any atom is 0.295 e. The highest BCUT2D eigenvalue weighted by Gasteiger charge is 2.26. The summed E-state index contributed by atoms with van der Waals surface area (Å²) in [7, 11) is -4.39. The number of unbranched alkanes of at least 4 members (excludes halogenated alkanes) is 2. The molecule has 0 aromatic heterocycles. The van der Waals surface area contributed by atoms with Gasteiger partial charge in [0.2, 0.25) is 0 Å². The van der Waals surface area contributed by atoms with Crippen LogP contribution in [-0.2, 0) is 23.0 Å². The third kappa shape index (κ3) is 4.13. The summed E-state index contributed by atoms with van der Waals surface area (Å²) in [4.78, 5) is 0.0423. The molecule has 3 aromatic carbocycles. The molecule has 0 unspecified atom stereocenters. The Kier molecular flexibility index (Phi) is 6.53. The molecule has 0 aliphatic carbocycles. The van der Waals surface area contributed by atoms with Gasteiger partial charge in [0.05, 0.1) is 0 Å². The van der Waals surface area contributed by atoms with Crippen LogP contribution in [0.2, 0.25) is 0 Å². The van der Waals surface area contributed by atoms with E-state index in [4.69, 9.17) is 0 Å². The van der Waals surface area contributed by atoms with Crippen molar-refractivity contribution in [3.05, 3.63) is 65.7 Å². The fourth-order valence-electron chi connectivity index (χ4n) is 3.98. The number of benzene rings is 3. The van der Waals surface area contributed by atoms with Crippen molar-refractivity contribution in [3.8, 4) is 11.1 Å². The van der Waals surface area contributed by atoms with Crippen LogP contribution in [0.3, 0.4) is 0 Å². The predicted molar refractivity (Wildman–Crippen MR) is 116 cm³/mol. The first-order valence-corrected chi connectivity index (χ1v) is 11.5. The lowest BCUT2D eigenvalue weighted by atomic mass is 9.86. The molecule has 0 saturated heterocycles. The van der Waals surface area contributed by atoms with Crippen LogP contribution in [0.4, 0.5) is 0 Å². The van der Waals surface area contributed by atoms with Crippen molar-refractivity contribution in [3.63, 3.8) is 0 Å². The fourth-order valence-corrected chi connectivity index (χ4v) is 4.93. The molecule has 3 rings (SSSR count). The van der Waals surface area contributed by atoms with Crippen LogP contribution >= 0.6 is 0 Å². The van der Waals surface area contributed by atoms with Crippen LogP contribution in [-0.4, -0.2) is 13.0 Å². The Bertz CT molecular complexity index is 1050. The van der Waals surface area contributed by atoms with E-state index >= 15 is 0 Å². The Morgan fingerprint density at radius 2 is 1.29 bits per heavy atom. The quantitative estimate of drug-likeness (QED) is 0.446. The topological polar surface area (TPSA) is 54.4 Å². The zero-order chi connectivity index (χ0) is 20.1. The normalized spacial score (nSPS) is 11.8. The molecule has 0 aliphatic rings. The smallest absolute Gasteiger partial charge is 0.282 e. The zero-order valence-corrected chi connectivity index (χ0v) is 17.4. The van der Waals surface area contributed by atoms with Gasteiger partial charge in [0, 0.05) is 10.9 Å². The van der Waals surface area contributed by atoms with Gasteiger partial charge < -0.3 is 0 Å². The van der Waals surface area contributed by atoms with Gasteiger partial charge in [-0.2, -0.15) is 8.42 Å². The summed E-state index contributed by atoms with van der Waals surface area (Å²) >= 11 is 0. The molecule has 0 spiro atoms. The Balaban J connectivity index is 2.50. The highest BCUT2D eigenvalue weighted by atomic mass is 32.2. The summed E-state index contributed by atoms with van der Waals surface area (Å²) in [6.45, 7) is 4.30. The Morgan fingerprint density at radius 1 is 0.750 bits per heavy atom. The highest BCUT2D eigenvalue weighted by Crippen LogP contribution is 2.41. The average Bonchev–Trinajstić information content (AvgIpc) is 2.69. The molecule has 3 nitrogen and oxygen atoms in total. The maximum absolute atomic E-state index is 12.5. The molecule has 1 N–H and O–H groups in total. The first-order valence-electron chi connectivity index (χ1n) is 10.1. The summed E-state index contributed by atoms with van der Waals surface area (Å²) < 4.78 is 35.3. The van der Waals surface area contributed by atoms with Crippen LogP contribution < -0.4 is 0 Å². The predicted octanol–water partition coefficient (Wildman–Crippen LogP) is 6.44. The maximum atomic E-state index is 12.5. The Morgan fingerprint density at radius 3 is 1.86 bits per heavy atom. The second-order valence-corrected chi connectivity index (χ2v) is 8.61. The minimum atomic E-state index is -4.39. The van der Waals surface area contributed by atoms with E-state index in [0.717, 1.165) is 55.0 Å². The van der Waals surface area contributed by atoms with Crippen LogP contribution in [0.15, 0.2) is 59.5 Å². The van der Waals surface area contributed by atoms with E-state index in [-0.39, 0.29) is 4.90 Å².